The van der Waals surface area contributed by atoms with Crippen LogP contribution in [0.4, 0.5) is 0 Å². The van der Waals surface area contributed by atoms with Crippen LogP contribution in [0.1, 0.15) is 37.4 Å². The summed E-state index contributed by atoms with van der Waals surface area (Å²) in [6, 6.07) is 4.09. The fourth-order valence-corrected chi connectivity index (χ4v) is 3.76. The zero-order valence-electron chi connectivity index (χ0n) is 15.2. The Morgan fingerprint density at radius 3 is 2.92 bits per heavy atom. The van der Waals surface area contributed by atoms with Gasteiger partial charge in [-0.15, -0.1) is 0 Å². The van der Waals surface area contributed by atoms with E-state index in [2.05, 4.69) is 40.0 Å². The third-order valence-corrected chi connectivity index (χ3v) is 5.13. The fraction of sp³-hybridized carbons (Fsp3) is 0.684. The van der Waals surface area contributed by atoms with Crippen molar-refractivity contribution in [1.82, 2.24) is 20.1 Å². The maximum Gasteiger partial charge on any atom is 0.194 e. The number of hydrogen-bond donors (Lipinski definition) is 1. The highest BCUT2D eigenvalue weighted by Gasteiger charge is 2.27. The first-order valence-corrected chi connectivity index (χ1v) is 9.42. The molecule has 0 spiro atoms. The van der Waals surface area contributed by atoms with Crippen molar-refractivity contribution in [2.24, 2.45) is 10.9 Å². The van der Waals surface area contributed by atoms with Gasteiger partial charge >= 0.3 is 0 Å². The van der Waals surface area contributed by atoms with E-state index in [1.54, 1.807) is 0 Å². The molecule has 1 atom stereocenters. The summed E-state index contributed by atoms with van der Waals surface area (Å²) in [4.78, 5) is 14.4. The summed E-state index contributed by atoms with van der Waals surface area (Å²) in [6.07, 6.45) is 5.89. The van der Waals surface area contributed by atoms with E-state index < -0.39 is 0 Å². The minimum Gasteiger partial charge on any atom is -0.357 e. The Morgan fingerprint density at radius 1 is 1.33 bits per heavy atom. The monoisotopic (exact) mass is 329 g/mol. The second-order valence-corrected chi connectivity index (χ2v) is 7.05. The summed E-state index contributed by atoms with van der Waals surface area (Å²) >= 11 is 0. The van der Waals surface area contributed by atoms with E-state index in [0.717, 1.165) is 37.2 Å². The van der Waals surface area contributed by atoms with Gasteiger partial charge in [-0.2, -0.15) is 0 Å². The summed E-state index contributed by atoms with van der Waals surface area (Å²) < 4.78 is 0. The number of hydrogen-bond acceptors (Lipinski definition) is 3. The molecule has 1 N–H and O–H groups in total. The van der Waals surface area contributed by atoms with Gasteiger partial charge in [0.1, 0.15) is 0 Å². The second-order valence-electron chi connectivity index (χ2n) is 7.05. The highest BCUT2D eigenvalue weighted by molar-refractivity contribution is 5.80. The lowest BCUT2D eigenvalue weighted by molar-refractivity contribution is 0.281. The van der Waals surface area contributed by atoms with Crippen LogP contribution in [-0.4, -0.2) is 60.0 Å². The molecule has 1 aromatic heterocycles. The SMILES string of the molecule is CCNC(=NCc1ncccc1C)N1CCC(CN2CCCC2)C1. The van der Waals surface area contributed by atoms with Crippen LogP contribution in [0.5, 0.6) is 0 Å². The Labute approximate surface area is 146 Å². The Hall–Kier alpha value is -1.62. The van der Waals surface area contributed by atoms with Gasteiger partial charge in [-0.3, -0.25) is 4.98 Å². The molecule has 0 bridgehead atoms. The largest absolute Gasteiger partial charge is 0.357 e. The quantitative estimate of drug-likeness (QED) is 0.665. The molecular formula is C19H31N5. The van der Waals surface area contributed by atoms with Crippen molar-refractivity contribution in [3.8, 4) is 0 Å². The lowest BCUT2D eigenvalue weighted by Crippen LogP contribution is -2.40. The van der Waals surface area contributed by atoms with E-state index in [-0.39, 0.29) is 0 Å². The Morgan fingerprint density at radius 2 is 2.17 bits per heavy atom. The maximum absolute atomic E-state index is 4.85. The number of guanidine groups is 1. The zero-order chi connectivity index (χ0) is 16.8. The molecule has 1 unspecified atom stereocenters. The van der Waals surface area contributed by atoms with Crippen LogP contribution in [0.15, 0.2) is 23.3 Å². The molecule has 3 rings (SSSR count). The molecule has 2 aliphatic rings. The molecule has 2 saturated heterocycles. The highest BCUT2D eigenvalue weighted by Crippen LogP contribution is 2.20. The summed E-state index contributed by atoms with van der Waals surface area (Å²) in [7, 11) is 0. The first kappa shape index (κ1) is 17.2. The third kappa shape index (κ3) is 4.47. The number of nitrogens with zero attached hydrogens (tertiary/aromatic N) is 4. The van der Waals surface area contributed by atoms with Crippen LogP contribution in [0, 0.1) is 12.8 Å². The maximum atomic E-state index is 4.85. The van der Waals surface area contributed by atoms with Gasteiger partial charge in [0.2, 0.25) is 0 Å². The van der Waals surface area contributed by atoms with Crippen LogP contribution in [-0.2, 0) is 6.54 Å². The van der Waals surface area contributed by atoms with E-state index in [0.29, 0.717) is 6.54 Å². The van der Waals surface area contributed by atoms with Gasteiger partial charge < -0.3 is 15.1 Å². The van der Waals surface area contributed by atoms with E-state index in [1.807, 2.05) is 12.3 Å². The molecule has 1 aromatic rings. The number of pyridine rings is 1. The highest BCUT2D eigenvalue weighted by atomic mass is 15.3. The molecule has 0 aromatic carbocycles. The number of aromatic nitrogens is 1. The topological polar surface area (TPSA) is 43.8 Å². The summed E-state index contributed by atoms with van der Waals surface area (Å²) in [5.74, 6) is 1.83. The molecule has 0 radical (unpaired) electrons. The van der Waals surface area contributed by atoms with Gasteiger partial charge in [-0.05, 0) is 63.7 Å². The van der Waals surface area contributed by atoms with Gasteiger partial charge in [0.25, 0.3) is 0 Å². The van der Waals surface area contributed by atoms with Crippen molar-refractivity contribution in [3.63, 3.8) is 0 Å². The van der Waals surface area contributed by atoms with Crippen LogP contribution >= 0.6 is 0 Å². The summed E-state index contributed by atoms with van der Waals surface area (Å²) in [6.45, 7) is 11.9. The number of aliphatic imine (C=N–C) groups is 1. The normalized spacial score (nSPS) is 22.3. The number of aryl methyl sites for hydroxylation is 1. The summed E-state index contributed by atoms with van der Waals surface area (Å²) in [5, 5.41) is 3.46. The lowest BCUT2D eigenvalue weighted by atomic mass is 10.1. The number of rotatable bonds is 5. The Kier molecular flexibility index (Phi) is 6.07. The average Bonchev–Trinajstić information content (AvgIpc) is 3.25. The molecule has 24 heavy (non-hydrogen) atoms. The standard InChI is InChI=1S/C19H31N5/c1-3-20-19(22-13-18-16(2)7-6-9-21-18)24-12-8-17(15-24)14-23-10-4-5-11-23/h6-7,9,17H,3-5,8,10-15H2,1-2H3,(H,20,22). The minimum absolute atomic E-state index is 0.655. The molecule has 0 aliphatic carbocycles. The van der Waals surface area contributed by atoms with Gasteiger partial charge in [0.05, 0.1) is 12.2 Å². The van der Waals surface area contributed by atoms with E-state index in [9.17, 15) is 0 Å². The Balaban J connectivity index is 1.58. The average molecular weight is 329 g/mol. The van der Waals surface area contributed by atoms with Crippen molar-refractivity contribution < 1.29 is 0 Å². The van der Waals surface area contributed by atoms with Gasteiger partial charge in [-0.1, -0.05) is 6.07 Å². The number of likely N-dealkylation sites (tertiary alicyclic amines) is 2. The minimum atomic E-state index is 0.655. The smallest absolute Gasteiger partial charge is 0.194 e. The molecule has 2 aliphatic heterocycles. The van der Waals surface area contributed by atoms with Gasteiger partial charge in [0.15, 0.2) is 5.96 Å². The second kappa shape index (κ2) is 8.47. The van der Waals surface area contributed by atoms with Crippen LogP contribution in [0.3, 0.4) is 0 Å². The predicted octanol–water partition coefficient (Wildman–Crippen LogP) is 2.27. The van der Waals surface area contributed by atoms with Gasteiger partial charge in [-0.25, -0.2) is 4.99 Å². The van der Waals surface area contributed by atoms with Crippen LogP contribution in [0.25, 0.3) is 0 Å². The fourth-order valence-electron chi connectivity index (χ4n) is 3.76. The first-order chi connectivity index (χ1) is 11.8. The molecular weight excluding hydrogens is 298 g/mol. The third-order valence-electron chi connectivity index (χ3n) is 5.13. The van der Waals surface area contributed by atoms with Crippen molar-refractivity contribution >= 4 is 5.96 Å². The first-order valence-electron chi connectivity index (χ1n) is 9.42. The van der Waals surface area contributed by atoms with Crippen LogP contribution in [0.2, 0.25) is 0 Å². The predicted molar refractivity (Wildman–Crippen MR) is 99.1 cm³/mol. The molecule has 132 valence electrons. The molecule has 0 saturated carbocycles. The number of nitrogens with one attached hydrogen (secondary N) is 1. The lowest BCUT2D eigenvalue weighted by Gasteiger charge is -2.23. The molecule has 3 heterocycles. The van der Waals surface area contributed by atoms with Crippen molar-refractivity contribution in [2.45, 2.75) is 39.7 Å². The molecule has 5 nitrogen and oxygen atoms in total. The van der Waals surface area contributed by atoms with Crippen molar-refractivity contribution in [3.05, 3.63) is 29.6 Å². The summed E-state index contributed by atoms with van der Waals surface area (Å²) in [5.41, 5.74) is 2.28. The van der Waals surface area contributed by atoms with E-state index >= 15 is 0 Å². The molecule has 0 amide bonds. The van der Waals surface area contributed by atoms with E-state index in [1.165, 1.54) is 44.5 Å². The van der Waals surface area contributed by atoms with Crippen molar-refractivity contribution in [2.75, 3.05) is 39.3 Å². The van der Waals surface area contributed by atoms with Crippen molar-refractivity contribution in [1.29, 1.82) is 0 Å². The van der Waals surface area contributed by atoms with E-state index in [4.69, 9.17) is 4.99 Å². The molecule has 5 heteroatoms. The zero-order valence-corrected chi connectivity index (χ0v) is 15.2. The molecule has 2 fully saturated rings. The van der Waals surface area contributed by atoms with Crippen LogP contribution < -0.4 is 5.32 Å². The van der Waals surface area contributed by atoms with Gasteiger partial charge in [0, 0.05) is 32.4 Å². The Bertz CT molecular complexity index is 550.